The van der Waals surface area contributed by atoms with Gasteiger partial charge in [-0.15, -0.1) is 11.3 Å². The minimum atomic E-state index is -0.0725. The summed E-state index contributed by atoms with van der Waals surface area (Å²) >= 11 is 7.34. The average molecular weight is 351 g/mol. The van der Waals surface area contributed by atoms with E-state index in [4.69, 9.17) is 11.6 Å². The van der Waals surface area contributed by atoms with Crippen LogP contribution in [0.3, 0.4) is 0 Å². The highest BCUT2D eigenvalue weighted by Crippen LogP contribution is 2.22. The standard InChI is InChI=1S/C17H19ClN2O2S/c1-20(12-14-7-8-15(18)23-14)17(22)9-10-19-16(21)11-13-5-3-2-4-6-13/h2-8H,9-12H2,1H3,(H,19,21). The molecule has 0 bridgehead atoms. The molecule has 0 saturated heterocycles. The molecule has 23 heavy (non-hydrogen) atoms. The second-order valence-corrected chi connectivity index (χ2v) is 7.02. The van der Waals surface area contributed by atoms with Crippen molar-refractivity contribution in [1.29, 1.82) is 0 Å². The van der Waals surface area contributed by atoms with Crippen LogP contribution in [0.4, 0.5) is 0 Å². The van der Waals surface area contributed by atoms with Crippen molar-refractivity contribution in [3.63, 3.8) is 0 Å². The molecule has 4 nitrogen and oxygen atoms in total. The van der Waals surface area contributed by atoms with Crippen LogP contribution in [-0.2, 0) is 22.6 Å². The Balaban J connectivity index is 1.68. The summed E-state index contributed by atoms with van der Waals surface area (Å²) in [5.41, 5.74) is 0.961. The van der Waals surface area contributed by atoms with Crippen molar-refractivity contribution >= 4 is 34.8 Å². The van der Waals surface area contributed by atoms with E-state index in [1.54, 1.807) is 11.9 Å². The number of carbonyl (C=O) groups is 2. The monoisotopic (exact) mass is 350 g/mol. The Morgan fingerprint density at radius 1 is 1.17 bits per heavy atom. The number of halogens is 1. The van der Waals surface area contributed by atoms with Gasteiger partial charge in [0.1, 0.15) is 0 Å². The lowest BCUT2D eigenvalue weighted by Gasteiger charge is -2.16. The summed E-state index contributed by atoms with van der Waals surface area (Å²) < 4.78 is 0.717. The van der Waals surface area contributed by atoms with Crippen molar-refractivity contribution in [2.24, 2.45) is 0 Å². The summed E-state index contributed by atoms with van der Waals surface area (Å²) in [7, 11) is 1.75. The first-order valence-electron chi connectivity index (χ1n) is 7.33. The Labute approximate surface area is 145 Å². The van der Waals surface area contributed by atoms with E-state index in [1.807, 2.05) is 42.5 Å². The van der Waals surface area contributed by atoms with E-state index in [1.165, 1.54) is 11.3 Å². The summed E-state index contributed by atoms with van der Waals surface area (Å²) in [5, 5.41) is 2.78. The van der Waals surface area contributed by atoms with Crippen molar-refractivity contribution in [3.8, 4) is 0 Å². The molecule has 0 unspecified atom stereocenters. The van der Waals surface area contributed by atoms with Crippen molar-refractivity contribution in [3.05, 3.63) is 57.2 Å². The third-order valence-electron chi connectivity index (χ3n) is 3.32. The van der Waals surface area contributed by atoms with Gasteiger partial charge in [0.2, 0.25) is 11.8 Å². The molecule has 2 aromatic rings. The molecule has 1 N–H and O–H groups in total. The molecule has 2 rings (SSSR count). The summed E-state index contributed by atoms with van der Waals surface area (Å²) in [6.07, 6.45) is 0.620. The second-order valence-electron chi connectivity index (χ2n) is 5.22. The Morgan fingerprint density at radius 3 is 2.57 bits per heavy atom. The zero-order valence-corrected chi connectivity index (χ0v) is 14.5. The number of rotatable bonds is 7. The summed E-state index contributed by atoms with van der Waals surface area (Å²) in [4.78, 5) is 26.5. The maximum atomic E-state index is 12.0. The quantitative estimate of drug-likeness (QED) is 0.834. The zero-order valence-electron chi connectivity index (χ0n) is 12.9. The molecule has 1 aromatic heterocycles. The number of benzene rings is 1. The van der Waals surface area contributed by atoms with Gasteiger partial charge in [0, 0.05) is 24.9 Å². The van der Waals surface area contributed by atoms with E-state index in [0.29, 0.717) is 23.8 Å². The van der Waals surface area contributed by atoms with Gasteiger partial charge in [0.05, 0.1) is 17.3 Å². The smallest absolute Gasteiger partial charge is 0.224 e. The molecule has 1 aromatic carbocycles. The van der Waals surface area contributed by atoms with E-state index < -0.39 is 0 Å². The van der Waals surface area contributed by atoms with E-state index >= 15 is 0 Å². The Hall–Kier alpha value is -1.85. The van der Waals surface area contributed by atoms with Crippen molar-refractivity contribution < 1.29 is 9.59 Å². The van der Waals surface area contributed by atoms with Crippen LogP contribution in [0.5, 0.6) is 0 Å². The molecule has 2 amide bonds. The zero-order chi connectivity index (χ0) is 16.7. The molecule has 0 spiro atoms. The van der Waals surface area contributed by atoms with Crippen molar-refractivity contribution in [1.82, 2.24) is 10.2 Å². The van der Waals surface area contributed by atoms with E-state index in [2.05, 4.69) is 5.32 Å². The lowest BCUT2D eigenvalue weighted by Crippen LogP contribution is -2.32. The minimum absolute atomic E-state index is 0.00506. The molecule has 0 fully saturated rings. The van der Waals surface area contributed by atoms with Crippen LogP contribution in [0.2, 0.25) is 4.34 Å². The van der Waals surface area contributed by atoms with Crippen LogP contribution in [-0.4, -0.2) is 30.3 Å². The Kier molecular flexibility index (Phi) is 6.62. The second kappa shape index (κ2) is 8.70. The Bertz CT molecular complexity index is 658. The number of amides is 2. The predicted octanol–water partition coefficient (Wildman–Crippen LogP) is 3.11. The maximum absolute atomic E-state index is 12.0. The van der Waals surface area contributed by atoms with Crippen LogP contribution in [0, 0.1) is 0 Å². The Morgan fingerprint density at radius 2 is 1.91 bits per heavy atom. The van der Waals surface area contributed by atoms with Gasteiger partial charge in [-0.1, -0.05) is 41.9 Å². The molecule has 1 heterocycles. The fourth-order valence-corrected chi connectivity index (χ4v) is 3.24. The topological polar surface area (TPSA) is 49.4 Å². The number of hydrogen-bond donors (Lipinski definition) is 1. The molecular weight excluding hydrogens is 332 g/mol. The first-order valence-corrected chi connectivity index (χ1v) is 8.53. The highest BCUT2D eigenvalue weighted by molar-refractivity contribution is 7.16. The first-order chi connectivity index (χ1) is 11.0. The SMILES string of the molecule is CN(Cc1ccc(Cl)s1)C(=O)CCNC(=O)Cc1ccccc1. The predicted molar refractivity (Wildman–Crippen MR) is 93.6 cm³/mol. The van der Waals surface area contributed by atoms with E-state index in [9.17, 15) is 9.59 Å². The van der Waals surface area contributed by atoms with Gasteiger partial charge in [0.25, 0.3) is 0 Å². The summed E-state index contributed by atoms with van der Waals surface area (Å²) in [6.45, 7) is 0.883. The summed E-state index contributed by atoms with van der Waals surface area (Å²) in [6, 6.07) is 13.3. The third-order valence-corrected chi connectivity index (χ3v) is 4.53. The number of nitrogens with one attached hydrogen (secondary N) is 1. The maximum Gasteiger partial charge on any atom is 0.224 e. The molecule has 0 radical (unpaired) electrons. The van der Waals surface area contributed by atoms with Crippen molar-refractivity contribution in [2.75, 3.05) is 13.6 Å². The lowest BCUT2D eigenvalue weighted by molar-refractivity contribution is -0.130. The molecule has 122 valence electrons. The fraction of sp³-hybridized carbons (Fsp3) is 0.294. The normalized spacial score (nSPS) is 10.3. The molecule has 0 atom stereocenters. The molecule has 0 saturated carbocycles. The van der Waals surface area contributed by atoms with Gasteiger partial charge >= 0.3 is 0 Å². The van der Waals surface area contributed by atoms with E-state index in [-0.39, 0.29) is 18.2 Å². The number of nitrogens with zero attached hydrogens (tertiary/aromatic N) is 1. The average Bonchev–Trinajstić information content (AvgIpc) is 2.93. The molecule has 0 aliphatic rings. The van der Waals surface area contributed by atoms with Crippen LogP contribution < -0.4 is 5.32 Å². The molecular formula is C17H19ClN2O2S. The third kappa shape index (κ3) is 6.04. The van der Waals surface area contributed by atoms with Crippen LogP contribution in [0.15, 0.2) is 42.5 Å². The number of hydrogen-bond acceptors (Lipinski definition) is 3. The highest BCUT2D eigenvalue weighted by Gasteiger charge is 2.11. The fourth-order valence-electron chi connectivity index (χ4n) is 2.10. The van der Waals surface area contributed by atoms with Gasteiger partial charge in [-0.05, 0) is 17.7 Å². The lowest BCUT2D eigenvalue weighted by atomic mass is 10.1. The minimum Gasteiger partial charge on any atom is -0.355 e. The van der Waals surface area contributed by atoms with Crippen molar-refractivity contribution in [2.45, 2.75) is 19.4 Å². The number of thiophene rings is 1. The summed E-state index contributed by atoms with van der Waals surface area (Å²) in [5.74, 6) is -0.0776. The van der Waals surface area contributed by atoms with Gasteiger partial charge < -0.3 is 10.2 Å². The van der Waals surface area contributed by atoms with E-state index in [0.717, 1.165) is 10.4 Å². The van der Waals surface area contributed by atoms with Crippen LogP contribution in [0.1, 0.15) is 16.9 Å². The van der Waals surface area contributed by atoms with Gasteiger partial charge in [-0.2, -0.15) is 0 Å². The van der Waals surface area contributed by atoms with Gasteiger partial charge in [-0.3, -0.25) is 9.59 Å². The van der Waals surface area contributed by atoms with Crippen LogP contribution >= 0.6 is 22.9 Å². The van der Waals surface area contributed by atoms with Gasteiger partial charge in [-0.25, -0.2) is 0 Å². The van der Waals surface area contributed by atoms with Gasteiger partial charge in [0.15, 0.2) is 0 Å². The highest BCUT2D eigenvalue weighted by atomic mass is 35.5. The first kappa shape index (κ1) is 17.5. The largest absolute Gasteiger partial charge is 0.355 e. The van der Waals surface area contributed by atoms with Crippen LogP contribution in [0.25, 0.3) is 0 Å². The molecule has 6 heteroatoms. The molecule has 0 aliphatic carbocycles. The number of carbonyl (C=O) groups excluding carboxylic acids is 2. The molecule has 0 aliphatic heterocycles.